The second-order valence-corrected chi connectivity index (χ2v) is 6.89. The first-order valence-electron chi connectivity index (χ1n) is 9.81. The van der Waals surface area contributed by atoms with Gasteiger partial charge in [-0.25, -0.2) is 4.39 Å². The van der Waals surface area contributed by atoms with Crippen molar-refractivity contribution >= 4 is 12.0 Å². The van der Waals surface area contributed by atoms with Crippen LogP contribution in [-0.4, -0.2) is 48.5 Å². The third kappa shape index (κ3) is 5.67. The molecule has 0 bridgehead atoms. The molecule has 0 radical (unpaired) electrons. The van der Waals surface area contributed by atoms with Gasteiger partial charge in [-0.2, -0.15) is 0 Å². The van der Waals surface area contributed by atoms with Crippen LogP contribution >= 0.6 is 0 Å². The Morgan fingerprint density at radius 3 is 2.64 bits per heavy atom. The summed E-state index contributed by atoms with van der Waals surface area (Å²) in [6.07, 6.45) is 4.39. The van der Waals surface area contributed by atoms with E-state index in [1.165, 1.54) is 12.1 Å². The molecule has 1 fully saturated rings. The van der Waals surface area contributed by atoms with E-state index in [-0.39, 0.29) is 11.7 Å². The topological polar surface area (TPSA) is 32.8 Å². The van der Waals surface area contributed by atoms with Gasteiger partial charge in [-0.3, -0.25) is 9.69 Å². The summed E-state index contributed by atoms with van der Waals surface area (Å²) in [7, 11) is 0. The van der Waals surface area contributed by atoms with Crippen LogP contribution in [0.5, 0.6) is 5.75 Å². The van der Waals surface area contributed by atoms with E-state index in [0.29, 0.717) is 13.2 Å². The minimum Gasteiger partial charge on any atom is -0.493 e. The van der Waals surface area contributed by atoms with Gasteiger partial charge in [0.2, 0.25) is 5.91 Å². The Morgan fingerprint density at radius 1 is 1.07 bits per heavy atom. The summed E-state index contributed by atoms with van der Waals surface area (Å²) in [5.41, 5.74) is 2.00. The molecule has 2 aromatic carbocycles. The highest BCUT2D eigenvalue weighted by Crippen LogP contribution is 2.19. The molecule has 0 aromatic heterocycles. The van der Waals surface area contributed by atoms with E-state index in [2.05, 4.69) is 4.90 Å². The van der Waals surface area contributed by atoms with Crippen molar-refractivity contribution in [3.63, 3.8) is 0 Å². The summed E-state index contributed by atoms with van der Waals surface area (Å²) in [6, 6.07) is 14.3. The van der Waals surface area contributed by atoms with Crippen LogP contribution in [0, 0.1) is 5.82 Å². The summed E-state index contributed by atoms with van der Waals surface area (Å²) >= 11 is 0. The SMILES string of the molecule is CCOc1ccccc1/C=C/C(=O)N1CCCN(Cc2ccc(F)cc2)CC1. The van der Waals surface area contributed by atoms with Gasteiger partial charge < -0.3 is 9.64 Å². The van der Waals surface area contributed by atoms with E-state index >= 15 is 0 Å². The molecular weight excluding hydrogens is 355 g/mol. The van der Waals surface area contributed by atoms with E-state index in [4.69, 9.17) is 4.74 Å². The molecule has 1 heterocycles. The highest BCUT2D eigenvalue weighted by Gasteiger charge is 2.17. The van der Waals surface area contributed by atoms with Gasteiger partial charge in [-0.15, -0.1) is 0 Å². The molecule has 5 heteroatoms. The van der Waals surface area contributed by atoms with Gasteiger partial charge in [-0.1, -0.05) is 30.3 Å². The maximum Gasteiger partial charge on any atom is 0.246 e. The van der Waals surface area contributed by atoms with E-state index < -0.39 is 0 Å². The van der Waals surface area contributed by atoms with Gasteiger partial charge in [0.25, 0.3) is 0 Å². The minimum absolute atomic E-state index is 0.0231. The predicted molar refractivity (Wildman–Crippen MR) is 110 cm³/mol. The average Bonchev–Trinajstić information content (AvgIpc) is 2.95. The van der Waals surface area contributed by atoms with Gasteiger partial charge in [0.05, 0.1) is 6.61 Å². The first-order valence-corrected chi connectivity index (χ1v) is 9.81. The molecule has 0 N–H and O–H groups in total. The maximum atomic E-state index is 13.1. The number of benzene rings is 2. The Labute approximate surface area is 166 Å². The Bertz CT molecular complexity index is 805. The Hall–Kier alpha value is -2.66. The maximum absolute atomic E-state index is 13.1. The van der Waals surface area contributed by atoms with Gasteiger partial charge in [0.15, 0.2) is 0 Å². The number of carbonyl (C=O) groups is 1. The first kappa shape index (κ1) is 20.1. The molecule has 2 aromatic rings. The molecule has 1 aliphatic heterocycles. The van der Waals surface area contributed by atoms with Gasteiger partial charge in [0.1, 0.15) is 11.6 Å². The van der Waals surface area contributed by atoms with Crippen LogP contribution in [0.15, 0.2) is 54.6 Å². The number of hydrogen-bond donors (Lipinski definition) is 0. The second kappa shape index (κ2) is 10.0. The molecule has 0 unspecified atom stereocenters. The van der Waals surface area contributed by atoms with Gasteiger partial charge in [-0.05, 0) is 43.2 Å². The van der Waals surface area contributed by atoms with Crippen molar-refractivity contribution in [2.75, 3.05) is 32.8 Å². The number of rotatable bonds is 6. The summed E-state index contributed by atoms with van der Waals surface area (Å²) < 4.78 is 18.7. The monoisotopic (exact) mass is 382 g/mol. The van der Waals surface area contributed by atoms with Crippen LogP contribution in [0.2, 0.25) is 0 Å². The molecule has 1 aliphatic rings. The van der Waals surface area contributed by atoms with Crippen LogP contribution in [0.3, 0.4) is 0 Å². The summed E-state index contributed by atoms with van der Waals surface area (Å²) in [5.74, 6) is 0.597. The zero-order chi connectivity index (χ0) is 19.8. The lowest BCUT2D eigenvalue weighted by molar-refractivity contribution is -0.125. The molecule has 3 rings (SSSR count). The lowest BCUT2D eigenvalue weighted by atomic mass is 10.2. The fourth-order valence-corrected chi connectivity index (χ4v) is 3.37. The molecule has 4 nitrogen and oxygen atoms in total. The standard InChI is InChI=1S/C23H27FN2O2/c1-2-28-22-7-4-3-6-20(22)10-13-23(27)26-15-5-14-25(16-17-26)18-19-8-11-21(24)12-9-19/h3-4,6-13H,2,5,14-18H2,1H3/b13-10+. The zero-order valence-electron chi connectivity index (χ0n) is 16.3. The normalized spacial score (nSPS) is 15.6. The van der Waals surface area contributed by atoms with Crippen molar-refractivity contribution in [1.29, 1.82) is 0 Å². The average molecular weight is 382 g/mol. The molecule has 1 amide bonds. The van der Waals surface area contributed by atoms with Crippen LogP contribution in [0.25, 0.3) is 6.08 Å². The number of halogens is 1. The lowest BCUT2D eigenvalue weighted by Crippen LogP contribution is -2.34. The van der Waals surface area contributed by atoms with E-state index in [1.807, 2.05) is 54.3 Å². The number of nitrogens with zero attached hydrogens (tertiary/aromatic N) is 2. The molecule has 1 saturated heterocycles. The molecule has 0 aliphatic carbocycles. The predicted octanol–water partition coefficient (Wildman–Crippen LogP) is 3.97. The van der Waals surface area contributed by atoms with Gasteiger partial charge in [0, 0.05) is 44.4 Å². The number of para-hydroxylation sites is 1. The fourth-order valence-electron chi connectivity index (χ4n) is 3.37. The highest BCUT2D eigenvalue weighted by molar-refractivity contribution is 5.92. The summed E-state index contributed by atoms with van der Waals surface area (Å²) in [4.78, 5) is 16.8. The van der Waals surface area contributed by atoms with Crippen molar-refractivity contribution in [1.82, 2.24) is 9.80 Å². The smallest absolute Gasteiger partial charge is 0.246 e. The summed E-state index contributed by atoms with van der Waals surface area (Å²) in [5, 5.41) is 0. The first-order chi connectivity index (χ1) is 13.7. The lowest BCUT2D eigenvalue weighted by Gasteiger charge is -2.21. The molecule has 28 heavy (non-hydrogen) atoms. The number of amides is 1. The van der Waals surface area contributed by atoms with Crippen LogP contribution in [0.1, 0.15) is 24.5 Å². The molecule has 0 spiro atoms. The minimum atomic E-state index is -0.214. The number of ether oxygens (including phenoxy) is 1. The molecular formula is C23H27FN2O2. The Morgan fingerprint density at radius 2 is 1.86 bits per heavy atom. The van der Waals surface area contributed by atoms with Crippen LogP contribution < -0.4 is 4.74 Å². The third-order valence-corrected chi connectivity index (χ3v) is 4.84. The van der Waals surface area contributed by atoms with E-state index in [1.54, 1.807) is 6.08 Å². The largest absolute Gasteiger partial charge is 0.493 e. The zero-order valence-corrected chi connectivity index (χ0v) is 16.3. The van der Waals surface area contributed by atoms with Crippen molar-refractivity contribution in [3.8, 4) is 5.75 Å². The van der Waals surface area contributed by atoms with Crippen LogP contribution in [0.4, 0.5) is 4.39 Å². The number of carbonyl (C=O) groups excluding carboxylic acids is 1. The molecule has 0 atom stereocenters. The van der Waals surface area contributed by atoms with Crippen molar-refractivity contribution in [2.45, 2.75) is 19.9 Å². The Balaban J connectivity index is 1.56. The number of hydrogen-bond acceptors (Lipinski definition) is 3. The molecule has 0 saturated carbocycles. The van der Waals surface area contributed by atoms with E-state index in [0.717, 1.165) is 49.5 Å². The van der Waals surface area contributed by atoms with E-state index in [9.17, 15) is 9.18 Å². The highest BCUT2D eigenvalue weighted by atomic mass is 19.1. The van der Waals surface area contributed by atoms with Gasteiger partial charge >= 0.3 is 0 Å². The second-order valence-electron chi connectivity index (χ2n) is 6.89. The van der Waals surface area contributed by atoms with Crippen molar-refractivity contribution in [2.24, 2.45) is 0 Å². The van der Waals surface area contributed by atoms with Crippen molar-refractivity contribution < 1.29 is 13.9 Å². The van der Waals surface area contributed by atoms with Crippen LogP contribution in [-0.2, 0) is 11.3 Å². The van der Waals surface area contributed by atoms with Crippen molar-refractivity contribution in [3.05, 3.63) is 71.6 Å². The quantitative estimate of drug-likeness (QED) is 0.709. The third-order valence-electron chi connectivity index (χ3n) is 4.84. The Kier molecular flexibility index (Phi) is 7.20. The molecule has 148 valence electrons. The fraction of sp³-hybridized carbons (Fsp3) is 0.348. The summed E-state index contributed by atoms with van der Waals surface area (Å²) in [6.45, 7) is 6.49.